The number of H-pyrrole nitrogens is 1. The minimum absolute atomic E-state index is 0.292. The summed E-state index contributed by atoms with van der Waals surface area (Å²) in [6.45, 7) is 6.16. The predicted molar refractivity (Wildman–Crippen MR) is 128 cm³/mol. The summed E-state index contributed by atoms with van der Waals surface area (Å²) >= 11 is 0. The molecule has 0 aliphatic heterocycles. The van der Waals surface area contributed by atoms with Gasteiger partial charge in [-0.05, 0) is 51.1 Å². The third kappa shape index (κ3) is 3.84. The Kier molecular flexibility index (Phi) is 4.74. The lowest BCUT2D eigenvalue weighted by Crippen LogP contribution is -2.23. The normalized spacial score (nSPS) is 11.7. The van der Waals surface area contributed by atoms with Crippen molar-refractivity contribution in [3.63, 3.8) is 0 Å². The van der Waals surface area contributed by atoms with Crippen LogP contribution in [0, 0.1) is 0 Å². The number of ether oxygens (including phenoxy) is 1. The molecule has 4 N–H and O–H groups in total. The van der Waals surface area contributed by atoms with Crippen LogP contribution in [0.2, 0.25) is 0 Å². The van der Waals surface area contributed by atoms with E-state index < -0.39 is 6.09 Å². The number of hydrogen-bond acceptors (Lipinski definition) is 6. The summed E-state index contributed by atoms with van der Waals surface area (Å²) in [5.74, 6) is 0.842. The molecule has 0 aliphatic carbocycles. The zero-order valence-corrected chi connectivity index (χ0v) is 18.5. The summed E-state index contributed by atoms with van der Waals surface area (Å²) in [7, 11) is 0. The van der Waals surface area contributed by atoms with Crippen LogP contribution in [0.3, 0.4) is 0 Å². The quantitative estimate of drug-likeness (QED) is 0.365. The number of nitrogens with two attached hydrogens (primary N) is 1. The van der Waals surface area contributed by atoms with E-state index in [0.717, 1.165) is 16.6 Å². The average molecular weight is 441 g/mol. The van der Waals surface area contributed by atoms with Crippen molar-refractivity contribution in [1.82, 2.24) is 24.7 Å². The number of aromatic nitrogens is 5. The van der Waals surface area contributed by atoms with Gasteiger partial charge in [-0.1, -0.05) is 24.3 Å². The Morgan fingerprint density at radius 2 is 1.88 bits per heavy atom. The molecule has 0 bridgehead atoms. The Balaban J connectivity index is 1.50. The van der Waals surface area contributed by atoms with Crippen molar-refractivity contribution in [3.05, 3.63) is 60.9 Å². The lowest BCUT2D eigenvalue weighted by molar-refractivity contribution is 0.215. The van der Waals surface area contributed by atoms with Gasteiger partial charge in [-0.25, -0.2) is 19.4 Å². The first-order valence-electron chi connectivity index (χ1n) is 10.5. The highest BCUT2D eigenvalue weighted by Crippen LogP contribution is 2.34. The Morgan fingerprint density at radius 3 is 2.64 bits per heavy atom. The van der Waals surface area contributed by atoms with E-state index in [1.807, 2.05) is 35.0 Å². The first kappa shape index (κ1) is 20.5. The van der Waals surface area contributed by atoms with Gasteiger partial charge in [0, 0.05) is 16.6 Å². The van der Waals surface area contributed by atoms with E-state index in [-0.39, 0.29) is 5.54 Å². The van der Waals surface area contributed by atoms with Crippen molar-refractivity contribution in [2.75, 3.05) is 11.1 Å². The van der Waals surface area contributed by atoms with Crippen LogP contribution in [0.4, 0.5) is 16.3 Å². The Hall–Kier alpha value is -4.40. The molecule has 1 amide bonds. The molecule has 0 spiro atoms. The molecular weight excluding hydrogens is 418 g/mol. The molecule has 0 aliphatic rings. The largest absolute Gasteiger partial charge is 0.417 e. The Morgan fingerprint density at radius 1 is 1.09 bits per heavy atom. The summed E-state index contributed by atoms with van der Waals surface area (Å²) in [4.78, 5) is 24.2. The van der Waals surface area contributed by atoms with Gasteiger partial charge in [-0.2, -0.15) is 5.10 Å². The maximum atomic E-state index is 12.2. The molecule has 9 nitrogen and oxygen atoms in total. The standard InChI is InChI=1S/C24H23N7O2/c1-24(2,3)31-22-19(21(25)26-13-27-22)20(30-31)18-11-14-9-10-15(12-17(14)29-18)28-23(32)33-16-7-5-4-6-8-16/h4-13,29H,1-3H3,(H,28,32)(H2,25,26,27). The highest BCUT2D eigenvalue weighted by Gasteiger charge is 2.24. The highest BCUT2D eigenvalue weighted by molar-refractivity contribution is 6.00. The molecule has 0 fully saturated rings. The summed E-state index contributed by atoms with van der Waals surface area (Å²) < 4.78 is 7.16. The number of fused-ring (bicyclic) bond motifs is 2. The summed E-state index contributed by atoms with van der Waals surface area (Å²) in [6.07, 6.45) is 0.885. The van der Waals surface area contributed by atoms with Crippen LogP contribution in [-0.4, -0.2) is 30.8 Å². The number of para-hydroxylation sites is 1. The number of amides is 1. The molecule has 0 unspecified atom stereocenters. The minimum atomic E-state index is -0.563. The number of carbonyl (C=O) groups excluding carboxylic acids is 1. The second kappa shape index (κ2) is 7.63. The Bertz CT molecular complexity index is 1480. The molecule has 33 heavy (non-hydrogen) atoms. The number of hydrogen-bond donors (Lipinski definition) is 3. The third-order valence-corrected chi connectivity index (χ3v) is 5.21. The number of benzene rings is 2. The summed E-state index contributed by atoms with van der Waals surface area (Å²) in [5, 5.41) is 9.23. The fraction of sp³-hybridized carbons (Fsp3) is 0.167. The molecule has 3 heterocycles. The molecule has 9 heteroatoms. The van der Waals surface area contributed by atoms with Crippen LogP contribution in [0.15, 0.2) is 60.9 Å². The predicted octanol–water partition coefficient (Wildman–Crippen LogP) is 4.92. The minimum Gasteiger partial charge on any atom is -0.410 e. The molecule has 0 saturated heterocycles. The number of aromatic amines is 1. The van der Waals surface area contributed by atoms with Crippen LogP contribution in [0.1, 0.15) is 20.8 Å². The second-order valence-electron chi connectivity index (χ2n) is 8.70. The number of carbonyl (C=O) groups is 1. The lowest BCUT2D eigenvalue weighted by atomic mass is 10.1. The monoisotopic (exact) mass is 441 g/mol. The first-order valence-corrected chi connectivity index (χ1v) is 10.5. The zero-order chi connectivity index (χ0) is 23.2. The average Bonchev–Trinajstić information content (AvgIpc) is 3.36. The maximum absolute atomic E-state index is 12.2. The van der Waals surface area contributed by atoms with Gasteiger partial charge in [-0.3, -0.25) is 5.32 Å². The molecule has 0 atom stereocenters. The van der Waals surface area contributed by atoms with Gasteiger partial charge in [0.2, 0.25) is 0 Å². The summed E-state index contributed by atoms with van der Waals surface area (Å²) in [6, 6.07) is 16.5. The SMILES string of the molecule is CC(C)(C)n1nc(-c2cc3ccc(NC(=O)Oc4ccccc4)cc3[nH]2)c2c(N)ncnc21. The fourth-order valence-electron chi connectivity index (χ4n) is 3.70. The number of nitrogens with zero attached hydrogens (tertiary/aromatic N) is 4. The third-order valence-electron chi connectivity index (χ3n) is 5.21. The second-order valence-corrected chi connectivity index (χ2v) is 8.70. The van der Waals surface area contributed by atoms with Gasteiger partial charge in [0.25, 0.3) is 0 Å². The molecule has 2 aromatic carbocycles. The molecule has 3 aromatic heterocycles. The number of nitrogens with one attached hydrogen (secondary N) is 2. The molecule has 0 radical (unpaired) electrons. The van der Waals surface area contributed by atoms with Crippen molar-refractivity contribution in [3.8, 4) is 17.1 Å². The smallest absolute Gasteiger partial charge is 0.410 e. The molecule has 0 saturated carbocycles. The van der Waals surface area contributed by atoms with E-state index in [0.29, 0.717) is 34.0 Å². The van der Waals surface area contributed by atoms with Gasteiger partial charge in [0.15, 0.2) is 5.65 Å². The van der Waals surface area contributed by atoms with Gasteiger partial charge in [0.05, 0.1) is 16.6 Å². The molecular formula is C24H23N7O2. The van der Waals surface area contributed by atoms with E-state index >= 15 is 0 Å². The Labute approximate surface area is 189 Å². The van der Waals surface area contributed by atoms with E-state index in [1.165, 1.54) is 6.33 Å². The zero-order valence-electron chi connectivity index (χ0n) is 18.5. The number of rotatable bonds is 3. The summed E-state index contributed by atoms with van der Waals surface area (Å²) in [5.41, 5.74) is 9.48. The lowest BCUT2D eigenvalue weighted by Gasteiger charge is -2.19. The molecule has 5 rings (SSSR count). The van der Waals surface area contributed by atoms with E-state index in [4.69, 9.17) is 15.6 Å². The molecule has 5 aromatic rings. The van der Waals surface area contributed by atoms with Crippen LogP contribution >= 0.6 is 0 Å². The first-order chi connectivity index (χ1) is 15.8. The van der Waals surface area contributed by atoms with Crippen molar-refractivity contribution in [1.29, 1.82) is 0 Å². The van der Waals surface area contributed by atoms with E-state index in [1.54, 1.807) is 24.3 Å². The number of nitrogen functional groups attached to an aromatic ring is 1. The van der Waals surface area contributed by atoms with Crippen molar-refractivity contribution in [2.24, 2.45) is 0 Å². The van der Waals surface area contributed by atoms with Crippen molar-refractivity contribution < 1.29 is 9.53 Å². The van der Waals surface area contributed by atoms with E-state index in [2.05, 4.69) is 41.0 Å². The van der Waals surface area contributed by atoms with E-state index in [9.17, 15) is 4.79 Å². The molecule has 166 valence electrons. The highest BCUT2D eigenvalue weighted by atomic mass is 16.6. The maximum Gasteiger partial charge on any atom is 0.417 e. The van der Waals surface area contributed by atoms with Crippen molar-refractivity contribution >= 4 is 39.5 Å². The van der Waals surface area contributed by atoms with Gasteiger partial charge in [-0.15, -0.1) is 0 Å². The van der Waals surface area contributed by atoms with Gasteiger partial charge < -0.3 is 15.5 Å². The van der Waals surface area contributed by atoms with Crippen LogP contribution in [0.5, 0.6) is 5.75 Å². The fourth-order valence-corrected chi connectivity index (χ4v) is 3.70. The van der Waals surface area contributed by atoms with Crippen LogP contribution in [-0.2, 0) is 5.54 Å². The van der Waals surface area contributed by atoms with Gasteiger partial charge >= 0.3 is 6.09 Å². The van der Waals surface area contributed by atoms with Gasteiger partial charge in [0.1, 0.15) is 23.6 Å². The van der Waals surface area contributed by atoms with Crippen molar-refractivity contribution in [2.45, 2.75) is 26.3 Å². The number of anilines is 2. The topological polar surface area (TPSA) is 124 Å². The van der Waals surface area contributed by atoms with Crippen LogP contribution < -0.4 is 15.8 Å². The van der Waals surface area contributed by atoms with Crippen LogP contribution in [0.25, 0.3) is 33.3 Å².